The van der Waals surface area contributed by atoms with Gasteiger partial charge in [0.1, 0.15) is 11.3 Å². The van der Waals surface area contributed by atoms with Crippen molar-refractivity contribution < 1.29 is 9.52 Å². The fourth-order valence-electron chi connectivity index (χ4n) is 8.88. The zero-order valence-electron chi connectivity index (χ0n) is 33.0. The molecule has 0 amide bonds. The molecule has 3 heteroatoms. The third kappa shape index (κ3) is 6.59. The van der Waals surface area contributed by atoms with Crippen molar-refractivity contribution in [2.75, 3.05) is 0 Å². The Morgan fingerprint density at radius 1 is 0.981 bits per heavy atom. The minimum absolute atomic E-state index is 0.0425. The Labute approximate surface area is 322 Å². The number of hydrogen-bond acceptors (Lipinski definition) is 3. The summed E-state index contributed by atoms with van der Waals surface area (Å²) in [6.45, 7) is 22.1. The SMILES string of the molecule is C=Cc1ccc(O)c(C(=C)C2(C)CC=C(N(C3=CCCc4c3oc3c(C(C)(C)C)cccc43)C3C=CC(c4ccccc4)=CC3)CC2/C=C\C)c1/C=C\C. The average Bonchev–Trinajstić information content (AvgIpc) is 3.56. The van der Waals surface area contributed by atoms with E-state index in [1.54, 1.807) is 6.07 Å². The van der Waals surface area contributed by atoms with E-state index in [2.05, 4.69) is 143 Å². The van der Waals surface area contributed by atoms with Gasteiger partial charge in [-0.15, -0.1) is 0 Å². The second-order valence-corrected chi connectivity index (χ2v) is 16.3. The summed E-state index contributed by atoms with van der Waals surface area (Å²) in [7, 11) is 0. The molecule has 3 nitrogen and oxygen atoms in total. The van der Waals surface area contributed by atoms with Gasteiger partial charge in [-0.05, 0) is 91.2 Å². The number of hydrogen-bond donors (Lipinski definition) is 1. The molecule has 1 N–H and O–H groups in total. The van der Waals surface area contributed by atoms with E-state index in [1.807, 2.05) is 25.1 Å². The lowest BCUT2D eigenvalue weighted by Gasteiger charge is -2.46. The lowest BCUT2D eigenvalue weighted by atomic mass is 9.62. The Bertz CT molecular complexity index is 2280. The first kappa shape index (κ1) is 37.1. The summed E-state index contributed by atoms with van der Waals surface area (Å²) in [6.07, 6.45) is 26.8. The van der Waals surface area contributed by atoms with Gasteiger partial charge in [0, 0.05) is 33.2 Å². The van der Waals surface area contributed by atoms with Gasteiger partial charge in [-0.3, -0.25) is 0 Å². The monoisotopic (exact) mass is 713 g/mol. The fraction of sp³-hybridized carbons (Fsp3) is 0.294. The maximum absolute atomic E-state index is 11.4. The van der Waals surface area contributed by atoms with Crippen LogP contribution in [0.15, 0.2) is 133 Å². The molecule has 276 valence electrons. The van der Waals surface area contributed by atoms with E-state index >= 15 is 0 Å². The van der Waals surface area contributed by atoms with E-state index < -0.39 is 0 Å². The molecule has 4 aromatic rings. The molecule has 0 spiro atoms. The van der Waals surface area contributed by atoms with Crippen LogP contribution in [-0.4, -0.2) is 16.0 Å². The summed E-state index contributed by atoms with van der Waals surface area (Å²) in [5, 5.41) is 12.6. The van der Waals surface area contributed by atoms with Crippen LogP contribution < -0.4 is 0 Å². The zero-order valence-corrected chi connectivity index (χ0v) is 33.0. The number of para-hydroxylation sites is 1. The van der Waals surface area contributed by atoms with E-state index in [0.717, 1.165) is 71.4 Å². The number of fused-ring (bicyclic) bond motifs is 3. The predicted molar refractivity (Wildman–Crippen MR) is 231 cm³/mol. The minimum atomic E-state index is -0.342. The normalized spacial score (nSPS) is 21.6. The molecule has 3 aliphatic carbocycles. The van der Waals surface area contributed by atoms with Crippen molar-refractivity contribution in [3.8, 4) is 5.75 Å². The van der Waals surface area contributed by atoms with Crippen LogP contribution >= 0.6 is 0 Å². The highest BCUT2D eigenvalue weighted by molar-refractivity contribution is 5.90. The third-order valence-corrected chi connectivity index (χ3v) is 11.9. The number of phenols is 1. The Morgan fingerprint density at radius 2 is 1.78 bits per heavy atom. The van der Waals surface area contributed by atoms with E-state index in [-0.39, 0.29) is 28.5 Å². The number of rotatable bonds is 9. The van der Waals surface area contributed by atoms with Gasteiger partial charge in [-0.2, -0.15) is 0 Å². The number of furan rings is 1. The zero-order chi connectivity index (χ0) is 38.2. The number of aromatic hydroxyl groups is 1. The molecule has 0 bridgehead atoms. The van der Waals surface area contributed by atoms with Crippen LogP contribution in [0.3, 0.4) is 0 Å². The molecule has 0 radical (unpaired) electrons. The molecule has 0 saturated heterocycles. The third-order valence-electron chi connectivity index (χ3n) is 11.9. The molecule has 3 aliphatic rings. The van der Waals surface area contributed by atoms with E-state index in [9.17, 15) is 5.11 Å². The van der Waals surface area contributed by atoms with Crippen molar-refractivity contribution in [3.05, 3.63) is 167 Å². The van der Waals surface area contributed by atoms with Gasteiger partial charge in [-0.25, -0.2) is 0 Å². The fourth-order valence-corrected chi connectivity index (χ4v) is 8.88. The first-order chi connectivity index (χ1) is 26.0. The maximum atomic E-state index is 11.4. The first-order valence-electron chi connectivity index (χ1n) is 19.6. The van der Waals surface area contributed by atoms with Gasteiger partial charge in [0.2, 0.25) is 0 Å². The summed E-state index contributed by atoms with van der Waals surface area (Å²) in [4.78, 5) is 2.59. The highest BCUT2D eigenvalue weighted by Gasteiger charge is 2.42. The largest absolute Gasteiger partial charge is 0.507 e. The van der Waals surface area contributed by atoms with Crippen LogP contribution in [0, 0.1) is 11.3 Å². The molecule has 0 fully saturated rings. The van der Waals surface area contributed by atoms with Crippen molar-refractivity contribution in [1.29, 1.82) is 0 Å². The smallest absolute Gasteiger partial charge is 0.154 e. The summed E-state index contributed by atoms with van der Waals surface area (Å²) < 4.78 is 7.05. The molecule has 54 heavy (non-hydrogen) atoms. The van der Waals surface area contributed by atoms with Gasteiger partial charge in [0.05, 0.1) is 11.7 Å². The van der Waals surface area contributed by atoms with Crippen LogP contribution in [0.2, 0.25) is 0 Å². The molecular formula is C51H55NO2. The molecule has 3 atom stereocenters. The number of nitrogens with zero attached hydrogens (tertiary/aromatic N) is 1. The molecule has 7 rings (SSSR count). The predicted octanol–water partition coefficient (Wildman–Crippen LogP) is 13.7. The number of benzene rings is 3. The lowest BCUT2D eigenvalue weighted by molar-refractivity contribution is 0.267. The Kier molecular flexibility index (Phi) is 10.2. The van der Waals surface area contributed by atoms with Gasteiger partial charge >= 0.3 is 0 Å². The van der Waals surface area contributed by atoms with E-state index in [1.165, 1.54) is 33.3 Å². The summed E-state index contributed by atoms with van der Waals surface area (Å²) >= 11 is 0. The summed E-state index contributed by atoms with van der Waals surface area (Å²) in [5.41, 5.74) is 11.8. The summed E-state index contributed by atoms with van der Waals surface area (Å²) in [5.74, 6) is 1.39. The Morgan fingerprint density at radius 3 is 2.46 bits per heavy atom. The van der Waals surface area contributed by atoms with Crippen LogP contribution in [0.4, 0.5) is 0 Å². The average molecular weight is 714 g/mol. The minimum Gasteiger partial charge on any atom is -0.507 e. The topological polar surface area (TPSA) is 36.6 Å². The molecule has 3 unspecified atom stereocenters. The molecule has 1 aromatic heterocycles. The van der Waals surface area contributed by atoms with E-state index in [4.69, 9.17) is 11.0 Å². The number of aryl methyl sites for hydroxylation is 1. The summed E-state index contributed by atoms with van der Waals surface area (Å²) in [6, 6.07) is 21.2. The van der Waals surface area contributed by atoms with Gasteiger partial charge in [-0.1, -0.05) is 156 Å². The van der Waals surface area contributed by atoms with Crippen molar-refractivity contribution in [2.45, 2.75) is 85.1 Å². The molecule has 0 saturated carbocycles. The number of phenolic OH excluding ortho intramolecular Hbond substituents is 1. The van der Waals surface area contributed by atoms with Gasteiger partial charge in [0.25, 0.3) is 0 Å². The molecule has 1 heterocycles. The van der Waals surface area contributed by atoms with Crippen LogP contribution in [-0.2, 0) is 11.8 Å². The van der Waals surface area contributed by atoms with Crippen molar-refractivity contribution >= 4 is 40.0 Å². The van der Waals surface area contributed by atoms with Crippen molar-refractivity contribution in [1.82, 2.24) is 4.90 Å². The molecular weight excluding hydrogens is 659 g/mol. The van der Waals surface area contributed by atoms with Crippen molar-refractivity contribution in [2.24, 2.45) is 11.3 Å². The van der Waals surface area contributed by atoms with Gasteiger partial charge in [0.15, 0.2) is 5.76 Å². The van der Waals surface area contributed by atoms with Crippen molar-refractivity contribution in [3.63, 3.8) is 0 Å². The first-order valence-corrected chi connectivity index (χ1v) is 19.6. The quantitative estimate of drug-likeness (QED) is 0.175. The second kappa shape index (κ2) is 14.9. The van der Waals surface area contributed by atoms with Crippen LogP contribution in [0.25, 0.3) is 40.0 Å². The Balaban J connectivity index is 1.34. The maximum Gasteiger partial charge on any atom is 0.154 e. The highest BCUT2D eigenvalue weighted by atomic mass is 16.3. The molecule has 3 aromatic carbocycles. The van der Waals surface area contributed by atoms with Crippen LogP contribution in [0.5, 0.6) is 5.75 Å². The second-order valence-electron chi connectivity index (χ2n) is 16.3. The van der Waals surface area contributed by atoms with Gasteiger partial charge < -0.3 is 14.4 Å². The Hall–Kier alpha value is -5.28. The molecule has 0 aliphatic heterocycles. The lowest BCUT2D eigenvalue weighted by Crippen LogP contribution is -2.38. The highest BCUT2D eigenvalue weighted by Crippen LogP contribution is 2.54. The van der Waals surface area contributed by atoms with E-state index in [0.29, 0.717) is 0 Å². The standard InChI is InChI=1S/C51H55NO2/c1-9-17-38-33-40(31-32-51(38,8)34(4)47-41(18-10-2)35(11-3)27-30-46(47)53)52(39-28-25-37(26-29-39)36-19-13-12-14-20-36)45-24-16-22-43-42-21-15-23-44(50(5,6)7)48(42)54-49(43)45/h9-15,17-21,23-28,30-31,38-39,53H,3-4,16,22,29,32-33H2,1-2,5-8H3/b17-9-,18-10-. The number of allylic oxidation sites excluding steroid dienone is 9. The van der Waals surface area contributed by atoms with Crippen LogP contribution in [0.1, 0.15) is 106 Å².